The van der Waals surface area contributed by atoms with Gasteiger partial charge in [0.05, 0.1) is 18.5 Å². The van der Waals surface area contributed by atoms with E-state index in [4.69, 9.17) is 15.6 Å². The number of carboxylic acid groups (broad SMARTS) is 1. The lowest BCUT2D eigenvalue weighted by Gasteiger charge is -2.35. The summed E-state index contributed by atoms with van der Waals surface area (Å²) in [5.74, 6) is -2.97. The van der Waals surface area contributed by atoms with Crippen LogP contribution >= 0.6 is 11.3 Å². The summed E-state index contributed by atoms with van der Waals surface area (Å²) in [6, 6.07) is 5.49. The summed E-state index contributed by atoms with van der Waals surface area (Å²) in [6.45, 7) is 3.41. The maximum atomic E-state index is 11.8. The number of carbonyl (C=O) groups excluding carboxylic acids is 2. The summed E-state index contributed by atoms with van der Waals surface area (Å²) < 4.78 is 5.85. The molecule has 2 aromatic heterocycles. The van der Waals surface area contributed by atoms with Crippen LogP contribution in [0.25, 0.3) is 0 Å². The Bertz CT molecular complexity index is 902. The van der Waals surface area contributed by atoms with Crippen LogP contribution in [0.2, 0.25) is 0 Å². The average Bonchev–Trinajstić information content (AvgIpc) is 3.21. The zero-order chi connectivity index (χ0) is 21.0. The summed E-state index contributed by atoms with van der Waals surface area (Å²) >= 11 is 1.68. The van der Waals surface area contributed by atoms with Gasteiger partial charge in [0.1, 0.15) is 5.56 Å². The fourth-order valence-electron chi connectivity index (χ4n) is 3.38. The molecular weight excluding hydrogens is 396 g/mol. The molecule has 3 heterocycles. The van der Waals surface area contributed by atoms with E-state index >= 15 is 0 Å². The van der Waals surface area contributed by atoms with Crippen LogP contribution in [-0.2, 0) is 9.59 Å². The third-order valence-electron chi connectivity index (χ3n) is 4.72. The first kappa shape index (κ1) is 20.7. The number of rotatable bonds is 6. The number of piperidine rings is 1. The third kappa shape index (κ3) is 5.09. The summed E-state index contributed by atoms with van der Waals surface area (Å²) in [7, 11) is 0. The van der Waals surface area contributed by atoms with Gasteiger partial charge in [0.25, 0.3) is 5.91 Å². The normalized spacial score (nSPS) is 21.3. The van der Waals surface area contributed by atoms with E-state index in [2.05, 4.69) is 28.6 Å². The molecule has 1 aliphatic heterocycles. The van der Waals surface area contributed by atoms with Gasteiger partial charge in [-0.25, -0.2) is 9.78 Å². The number of nitrogens with one attached hydrogen (secondary N) is 2. The van der Waals surface area contributed by atoms with Gasteiger partial charge in [-0.05, 0) is 36.4 Å². The third-order valence-corrected chi connectivity index (χ3v) is 5.67. The molecule has 3 rings (SSSR count). The number of nitrogens with two attached hydrogens (primary N) is 1. The molecule has 9 nitrogen and oxygen atoms in total. The van der Waals surface area contributed by atoms with E-state index < -0.39 is 17.8 Å². The van der Waals surface area contributed by atoms with Gasteiger partial charge in [0.15, 0.2) is 0 Å². The highest BCUT2D eigenvalue weighted by molar-refractivity contribution is 7.10. The number of aliphatic carboxylic acids is 1. The largest absolute Gasteiger partial charge is 0.477 e. The number of aromatic nitrogens is 1. The number of carboxylic acids is 1. The second-order valence-electron chi connectivity index (χ2n) is 7.01. The summed E-state index contributed by atoms with van der Waals surface area (Å²) in [6.07, 6.45) is 2.18. The first-order valence-electron chi connectivity index (χ1n) is 9.09. The minimum atomic E-state index is -1.65. The van der Waals surface area contributed by atoms with Crippen LogP contribution in [0.3, 0.4) is 0 Å². The van der Waals surface area contributed by atoms with E-state index in [0.29, 0.717) is 12.5 Å². The number of amides is 2. The Labute approximate surface area is 171 Å². The number of hydrogen-bond donors (Lipinski definition) is 4. The molecule has 0 aliphatic carbocycles. The number of pyridine rings is 1. The van der Waals surface area contributed by atoms with Crippen molar-refractivity contribution in [3.63, 3.8) is 0 Å². The van der Waals surface area contributed by atoms with E-state index in [-0.39, 0.29) is 29.1 Å². The number of ether oxygens (including phenoxy) is 1. The lowest BCUT2D eigenvalue weighted by molar-refractivity contribution is -0.147. The first-order valence-corrected chi connectivity index (χ1v) is 9.96. The van der Waals surface area contributed by atoms with Crippen molar-refractivity contribution in [2.75, 3.05) is 18.5 Å². The quantitative estimate of drug-likeness (QED) is 0.522. The van der Waals surface area contributed by atoms with Gasteiger partial charge in [-0.3, -0.25) is 9.59 Å². The van der Waals surface area contributed by atoms with Crippen molar-refractivity contribution < 1.29 is 24.2 Å². The van der Waals surface area contributed by atoms with Crippen LogP contribution in [0.15, 0.2) is 29.8 Å². The van der Waals surface area contributed by atoms with E-state index in [0.717, 1.165) is 13.0 Å². The van der Waals surface area contributed by atoms with E-state index in [9.17, 15) is 14.4 Å². The van der Waals surface area contributed by atoms with Gasteiger partial charge in [0.2, 0.25) is 5.88 Å². The van der Waals surface area contributed by atoms with Crippen molar-refractivity contribution in [2.45, 2.75) is 19.4 Å². The van der Waals surface area contributed by atoms with Crippen molar-refractivity contribution in [1.29, 1.82) is 0 Å². The standard InChI is InChI=1S/C19H22N4O5S/c1-10-5-11(15(21-7-10)14-3-2-4-29-14)9-28-18-13(16(20)24)6-12(8-22-18)23-17(25)19(26)27/h2-4,6,8,10-11,15,21H,5,7,9H2,1H3,(H2,20,24)(H,23,25)(H,26,27). The number of nitrogens with zero attached hydrogens (tertiary/aromatic N) is 1. The van der Waals surface area contributed by atoms with Crippen molar-refractivity contribution in [2.24, 2.45) is 17.6 Å². The maximum Gasteiger partial charge on any atom is 0.394 e. The van der Waals surface area contributed by atoms with Gasteiger partial charge in [-0.2, -0.15) is 0 Å². The highest BCUT2D eigenvalue weighted by Crippen LogP contribution is 2.34. The van der Waals surface area contributed by atoms with Crippen molar-refractivity contribution in [1.82, 2.24) is 10.3 Å². The second-order valence-corrected chi connectivity index (χ2v) is 7.99. The van der Waals surface area contributed by atoms with Crippen molar-refractivity contribution in [3.8, 4) is 5.88 Å². The number of hydrogen-bond acceptors (Lipinski definition) is 7. The van der Waals surface area contributed by atoms with E-state index in [1.54, 1.807) is 11.3 Å². The summed E-state index contributed by atoms with van der Waals surface area (Å²) in [4.78, 5) is 39.1. The van der Waals surface area contributed by atoms with Crippen LogP contribution < -0.4 is 21.1 Å². The Morgan fingerprint density at radius 1 is 1.45 bits per heavy atom. The molecule has 0 saturated carbocycles. The predicted molar refractivity (Wildman–Crippen MR) is 107 cm³/mol. The SMILES string of the molecule is CC1CNC(c2cccs2)C(COc2ncc(NC(=O)C(=O)O)cc2C(N)=O)C1. The number of carbonyl (C=O) groups is 3. The molecule has 2 amide bonds. The Balaban J connectivity index is 1.75. The predicted octanol–water partition coefficient (Wildman–Crippen LogP) is 1.63. The number of thiophene rings is 1. The zero-order valence-corrected chi connectivity index (χ0v) is 16.6. The molecule has 1 aliphatic rings. The Kier molecular flexibility index (Phi) is 6.45. The molecule has 0 radical (unpaired) electrons. The number of primary amides is 1. The average molecular weight is 418 g/mol. The molecule has 3 unspecified atom stereocenters. The molecule has 3 atom stereocenters. The molecular formula is C19H22N4O5S. The Morgan fingerprint density at radius 3 is 2.90 bits per heavy atom. The monoisotopic (exact) mass is 418 g/mol. The Hall–Kier alpha value is -2.98. The zero-order valence-electron chi connectivity index (χ0n) is 15.8. The molecule has 0 aromatic carbocycles. The van der Waals surface area contributed by atoms with Gasteiger partial charge in [0, 0.05) is 16.8 Å². The maximum absolute atomic E-state index is 11.8. The van der Waals surface area contributed by atoms with E-state index in [1.807, 2.05) is 11.4 Å². The van der Waals surface area contributed by atoms with Crippen LogP contribution in [0.1, 0.15) is 34.6 Å². The van der Waals surface area contributed by atoms with E-state index in [1.165, 1.54) is 17.1 Å². The molecule has 10 heteroatoms. The van der Waals surface area contributed by atoms with Crippen molar-refractivity contribution in [3.05, 3.63) is 40.2 Å². The van der Waals surface area contributed by atoms with Crippen LogP contribution in [0.5, 0.6) is 5.88 Å². The van der Waals surface area contributed by atoms with Gasteiger partial charge in [-0.15, -0.1) is 11.3 Å². The molecule has 154 valence electrons. The molecule has 1 saturated heterocycles. The van der Waals surface area contributed by atoms with Crippen molar-refractivity contribution >= 4 is 34.8 Å². The minimum Gasteiger partial charge on any atom is -0.477 e. The summed E-state index contributed by atoms with van der Waals surface area (Å²) in [5, 5.41) is 16.4. The summed E-state index contributed by atoms with van der Waals surface area (Å²) in [5.41, 5.74) is 5.43. The smallest absolute Gasteiger partial charge is 0.394 e. The molecule has 1 fully saturated rings. The number of anilines is 1. The van der Waals surface area contributed by atoms with Gasteiger partial charge >= 0.3 is 11.9 Å². The molecule has 0 bridgehead atoms. The lowest BCUT2D eigenvalue weighted by atomic mass is 9.85. The lowest BCUT2D eigenvalue weighted by Crippen LogP contribution is -2.40. The van der Waals surface area contributed by atoms with Gasteiger partial charge < -0.3 is 26.2 Å². The van der Waals surface area contributed by atoms with Crippen LogP contribution in [0.4, 0.5) is 5.69 Å². The second kappa shape index (κ2) is 9.01. The highest BCUT2D eigenvalue weighted by atomic mass is 32.1. The molecule has 2 aromatic rings. The van der Waals surface area contributed by atoms with Crippen LogP contribution in [0, 0.1) is 11.8 Å². The molecule has 5 N–H and O–H groups in total. The van der Waals surface area contributed by atoms with Gasteiger partial charge in [-0.1, -0.05) is 13.0 Å². The molecule has 0 spiro atoms. The fourth-order valence-corrected chi connectivity index (χ4v) is 4.27. The fraction of sp³-hybridized carbons (Fsp3) is 0.368. The highest BCUT2D eigenvalue weighted by Gasteiger charge is 2.31. The minimum absolute atomic E-state index is 0.0299. The first-order chi connectivity index (χ1) is 13.8. The van der Waals surface area contributed by atoms with Crippen LogP contribution in [-0.4, -0.2) is 41.0 Å². The Morgan fingerprint density at radius 2 is 2.24 bits per heavy atom. The molecule has 29 heavy (non-hydrogen) atoms. The topological polar surface area (TPSA) is 144 Å².